The van der Waals surface area contributed by atoms with Crippen LogP contribution in [0.1, 0.15) is 26.2 Å². The SMILES string of the molecule is CCCCCNc1cc(Br)ccc1-c1ccccc1. The third-order valence-corrected chi connectivity index (χ3v) is 3.66. The smallest absolute Gasteiger partial charge is 0.0431 e. The van der Waals surface area contributed by atoms with Crippen molar-refractivity contribution in [2.45, 2.75) is 26.2 Å². The zero-order valence-corrected chi connectivity index (χ0v) is 12.9. The predicted molar refractivity (Wildman–Crippen MR) is 87.6 cm³/mol. The molecule has 0 heterocycles. The van der Waals surface area contributed by atoms with E-state index in [0.29, 0.717) is 0 Å². The number of hydrogen-bond acceptors (Lipinski definition) is 1. The van der Waals surface area contributed by atoms with Crippen LogP contribution in [0.4, 0.5) is 5.69 Å². The quantitative estimate of drug-likeness (QED) is 0.672. The minimum absolute atomic E-state index is 1.03. The Morgan fingerprint density at radius 2 is 1.79 bits per heavy atom. The van der Waals surface area contributed by atoms with Gasteiger partial charge in [0.1, 0.15) is 0 Å². The molecule has 100 valence electrons. The molecule has 0 aromatic heterocycles. The third-order valence-electron chi connectivity index (χ3n) is 3.16. The van der Waals surface area contributed by atoms with Crippen LogP contribution in [-0.2, 0) is 0 Å². The Labute approximate surface area is 124 Å². The maximum Gasteiger partial charge on any atom is 0.0431 e. The highest BCUT2D eigenvalue weighted by atomic mass is 79.9. The van der Waals surface area contributed by atoms with Crippen LogP contribution in [0.3, 0.4) is 0 Å². The van der Waals surface area contributed by atoms with Crippen LogP contribution in [0.25, 0.3) is 11.1 Å². The topological polar surface area (TPSA) is 12.0 Å². The molecule has 1 nitrogen and oxygen atoms in total. The Morgan fingerprint density at radius 3 is 2.53 bits per heavy atom. The molecule has 19 heavy (non-hydrogen) atoms. The second kappa shape index (κ2) is 7.34. The lowest BCUT2D eigenvalue weighted by atomic mass is 10.0. The zero-order chi connectivity index (χ0) is 13.5. The minimum Gasteiger partial charge on any atom is -0.385 e. The fourth-order valence-corrected chi connectivity index (χ4v) is 2.49. The van der Waals surface area contributed by atoms with Crippen molar-refractivity contribution in [1.82, 2.24) is 0 Å². The summed E-state index contributed by atoms with van der Waals surface area (Å²) < 4.78 is 1.12. The molecule has 0 radical (unpaired) electrons. The lowest BCUT2D eigenvalue weighted by Gasteiger charge is -2.13. The van der Waals surface area contributed by atoms with Crippen molar-refractivity contribution in [3.8, 4) is 11.1 Å². The van der Waals surface area contributed by atoms with E-state index >= 15 is 0 Å². The van der Waals surface area contributed by atoms with Crippen LogP contribution in [0.15, 0.2) is 53.0 Å². The van der Waals surface area contributed by atoms with Crippen molar-refractivity contribution in [3.63, 3.8) is 0 Å². The first-order valence-electron chi connectivity index (χ1n) is 6.90. The maximum absolute atomic E-state index is 3.56. The van der Waals surface area contributed by atoms with Crippen molar-refractivity contribution < 1.29 is 0 Å². The summed E-state index contributed by atoms with van der Waals surface area (Å²) in [6.07, 6.45) is 3.75. The van der Waals surface area contributed by atoms with E-state index in [1.165, 1.54) is 36.1 Å². The fraction of sp³-hybridized carbons (Fsp3) is 0.294. The van der Waals surface area contributed by atoms with Gasteiger partial charge in [0.05, 0.1) is 0 Å². The van der Waals surface area contributed by atoms with Gasteiger partial charge >= 0.3 is 0 Å². The highest BCUT2D eigenvalue weighted by Crippen LogP contribution is 2.30. The van der Waals surface area contributed by atoms with Gasteiger partial charge in [0.25, 0.3) is 0 Å². The van der Waals surface area contributed by atoms with Crippen molar-refractivity contribution in [3.05, 3.63) is 53.0 Å². The minimum atomic E-state index is 1.03. The summed E-state index contributed by atoms with van der Waals surface area (Å²) in [5.41, 5.74) is 3.73. The average molecular weight is 318 g/mol. The first kappa shape index (κ1) is 14.1. The van der Waals surface area contributed by atoms with Gasteiger partial charge in [0, 0.05) is 22.3 Å². The molecule has 0 amide bonds. The van der Waals surface area contributed by atoms with E-state index in [1.54, 1.807) is 0 Å². The Kier molecular flexibility index (Phi) is 5.46. The van der Waals surface area contributed by atoms with Crippen LogP contribution in [0, 0.1) is 0 Å². The second-order valence-corrected chi connectivity index (χ2v) is 5.61. The van der Waals surface area contributed by atoms with Crippen molar-refractivity contribution in [2.24, 2.45) is 0 Å². The van der Waals surface area contributed by atoms with E-state index in [-0.39, 0.29) is 0 Å². The van der Waals surface area contributed by atoms with Gasteiger partial charge in [0.15, 0.2) is 0 Å². The monoisotopic (exact) mass is 317 g/mol. The number of rotatable bonds is 6. The van der Waals surface area contributed by atoms with Crippen molar-refractivity contribution in [2.75, 3.05) is 11.9 Å². The highest BCUT2D eigenvalue weighted by Gasteiger charge is 2.05. The number of hydrogen-bond donors (Lipinski definition) is 1. The molecule has 0 atom stereocenters. The highest BCUT2D eigenvalue weighted by molar-refractivity contribution is 9.10. The molecule has 0 aliphatic rings. The molecule has 1 N–H and O–H groups in total. The van der Waals surface area contributed by atoms with Gasteiger partial charge in [-0.3, -0.25) is 0 Å². The first-order valence-corrected chi connectivity index (χ1v) is 7.69. The summed E-state index contributed by atoms with van der Waals surface area (Å²) in [5.74, 6) is 0. The van der Waals surface area contributed by atoms with Gasteiger partial charge in [0.2, 0.25) is 0 Å². The number of halogens is 1. The molecule has 0 aliphatic carbocycles. The number of nitrogens with one attached hydrogen (secondary N) is 1. The molecule has 0 spiro atoms. The Bertz CT molecular complexity index is 508. The largest absolute Gasteiger partial charge is 0.385 e. The Balaban J connectivity index is 2.18. The molecule has 2 aromatic rings. The molecular formula is C17H20BrN. The molecule has 0 aliphatic heterocycles. The van der Waals surface area contributed by atoms with E-state index in [0.717, 1.165) is 11.0 Å². The molecule has 2 aromatic carbocycles. The summed E-state index contributed by atoms with van der Waals surface area (Å²) in [6, 6.07) is 16.9. The third kappa shape index (κ3) is 4.10. The molecule has 0 unspecified atom stereocenters. The van der Waals surface area contributed by atoms with E-state index in [2.05, 4.69) is 76.7 Å². The Hall–Kier alpha value is -1.28. The van der Waals surface area contributed by atoms with Gasteiger partial charge in [-0.2, -0.15) is 0 Å². The van der Waals surface area contributed by atoms with E-state index in [9.17, 15) is 0 Å². The van der Waals surface area contributed by atoms with Crippen molar-refractivity contribution in [1.29, 1.82) is 0 Å². The average Bonchev–Trinajstić information content (AvgIpc) is 2.45. The fourth-order valence-electron chi connectivity index (χ4n) is 2.13. The summed E-state index contributed by atoms with van der Waals surface area (Å²) in [6.45, 7) is 3.26. The summed E-state index contributed by atoms with van der Waals surface area (Å²) in [7, 11) is 0. The van der Waals surface area contributed by atoms with Crippen LogP contribution in [0.5, 0.6) is 0 Å². The van der Waals surface area contributed by atoms with Crippen LogP contribution >= 0.6 is 15.9 Å². The molecule has 0 saturated carbocycles. The van der Waals surface area contributed by atoms with E-state index < -0.39 is 0 Å². The molecule has 2 heteroatoms. The molecular weight excluding hydrogens is 298 g/mol. The van der Waals surface area contributed by atoms with Crippen molar-refractivity contribution >= 4 is 21.6 Å². The summed E-state index contributed by atoms with van der Waals surface area (Å²) in [4.78, 5) is 0. The number of benzene rings is 2. The lowest BCUT2D eigenvalue weighted by molar-refractivity contribution is 0.744. The predicted octanol–water partition coefficient (Wildman–Crippen LogP) is 5.72. The lowest BCUT2D eigenvalue weighted by Crippen LogP contribution is -2.02. The summed E-state index contributed by atoms with van der Waals surface area (Å²) >= 11 is 3.55. The van der Waals surface area contributed by atoms with Gasteiger partial charge in [-0.15, -0.1) is 0 Å². The first-order chi connectivity index (χ1) is 9.31. The normalized spacial score (nSPS) is 10.4. The number of anilines is 1. The molecule has 0 bridgehead atoms. The van der Waals surface area contributed by atoms with Crippen LogP contribution in [0.2, 0.25) is 0 Å². The molecule has 0 saturated heterocycles. The Morgan fingerprint density at radius 1 is 1.00 bits per heavy atom. The second-order valence-electron chi connectivity index (χ2n) is 4.69. The van der Waals surface area contributed by atoms with Gasteiger partial charge in [-0.05, 0) is 24.1 Å². The van der Waals surface area contributed by atoms with Gasteiger partial charge < -0.3 is 5.32 Å². The van der Waals surface area contributed by atoms with E-state index in [4.69, 9.17) is 0 Å². The number of unbranched alkanes of at least 4 members (excludes halogenated alkanes) is 2. The standard InChI is InChI=1S/C17H20BrN/c1-2-3-7-12-19-17-13-15(18)10-11-16(17)14-8-5-4-6-9-14/h4-6,8-11,13,19H,2-3,7,12H2,1H3. The maximum atomic E-state index is 3.56. The van der Waals surface area contributed by atoms with Crippen LogP contribution < -0.4 is 5.32 Å². The summed E-state index contributed by atoms with van der Waals surface area (Å²) in [5, 5.41) is 3.56. The van der Waals surface area contributed by atoms with Gasteiger partial charge in [-0.25, -0.2) is 0 Å². The van der Waals surface area contributed by atoms with Gasteiger partial charge in [-0.1, -0.05) is 72.1 Å². The molecule has 0 fully saturated rings. The van der Waals surface area contributed by atoms with Crippen LogP contribution in [-0.4, -0.2) is 6.54 Å². The molecule has 2 rings (SSSR count). The zero-order valence-electron chi connectivity index (χ0n) is 11.3. The van der Waals surface area contributed by atoms with E-state index in [1.807, 2.05) is 0 Å².